The number of aromatic nitrogens is 1. The van der Waals surface area contributed by atoms with Crippen molar-refractivity contribution < 1.29 is 14.4 Å². The zero-order valence-electron chi connectivity index (χ0n) is 11.0. The number of nitro groups is 1. The number of ether oxygens (including phenoxy) is 2. The topological polar surface area (TPSA) is 86.5 Å². The van der Waals surface area contributed by atoms with Crippen LogP contribution in [0.5, 0.6) is 5.88 Å². The maximum absolute atomic E-state index is 10.7. The van der Waals surface area contributed by atoms with E-state index in [1.54, 1.807) is 13.0 Å². The zero-order valence-corrected chi connectivity index (χ0v) is 11.0. The van der Waals surface area contributed by atoms with Gasteiger partial charge in [0.25, 0.3) is 5.69 Å². The predicted octanol–water partition coefficient (Wildman–Crippen LogP) is 1.05. The van der Waals surface area contributed by atoms with Gasteiger partial charge in [0.2, 0.25) is 5.88 Å². The van der Waals surface area contributed by atoms with Gasteiger partial charge in [-0.1, -0.05) is 0 Å². The van der Waals surface area contributed by atoms with E-state index in [1.165, 1.54) is 6.20 Å². The number of pyridine rings is 1. The summed E-state index contributed by atoms with van der Waals surface area (Å²) in [5.41, 5.74) is 0.530. The molecule has 0 amide bonds. The van der Waals surface area contributed by atoms with Gasteiger partial charge in [0.15, 0.2) is 0 Å². The van der Waals surface area contributed by atoms with Crippen molar-refractivity contribution in [3.63, 3.8) is 0 Å². The molecule has 0 spiro atoms. The fourth-order valence-electron chi connectivity index (χ4n) is 1.94. The molecule has 2 rings (SSSR count). The standard InChI is InChI=1S/C12H17N3O4/c1-8-3-12(14-6-11(8)15(16)17)18-7-10-5-13-4-9(2)19-10/h3,6,9-10,13H,4-5,7H2,1-2H3. The molecule has 1 aliphatic heterocycles. The lowest BCUT2D eigenvalue weighted by molar-refractivity contribution is -0.385. The maximum Gasteiger partial charge on any atom is 0.290 e. The van der Waals surface area contributed by atoms with E-state index in [0.29, 0.717) is 18.1 Å². The third-order valence-electron chi connectivity index (χ3n) is 2.90. The van der Waals surface area contributed by atoms with Crippen LogP contribution in [0.15, 0.2) is 12.3 Å². The van der Waals surface area contributed by atoms with Gasteiger partial charge in [0, 0.05) is 24.7 Å². The molecule has 7 heteroatoms. The first-order chi connectivity index (χ1) is 9.06. The van der Waals surface area contributed by atoms with Crippen molar-refractivity contribution in [2.75, 3.05) is 19.7 Å². The van der Waals surface area contributed by atoms with Crippen LogP contribution in [0, 0.1) is 17.0 Å². The number of hydrogen-bond acceptors (Lipinski definition) is 6. The van der Waals surface area contributed by atoms with Crippen LogP contribution in [0.25, 0.3) is 0 Å². The van der Waals surface area contributed by atoms with E-state index in [1.807, 2.05) is 6.92 Å². The van der Waals surface area contributed by atoms with Gasteiger partial charge in [-0.25, -0.2) is 4.98 Å². The molecule has 0 saturated carbocycles. The summed E-state index contributed by atoms with van der Waals surface area (Å²) in [4.78, 5) is 14.1. The second-order valence-corrected chi connectivity index (χ2v) is 4.60. The van der Waals surface area contributed by atoms with Gasteiger partial charge >= 0.3 is 0 Å². The molecule has 0 bridgehead atoms. The SMILES string of the molecule is Cc1cc(OCC2CNCC(C)O2)ncc1[N+](=O)[O-]. The van der Waals surface area contributed by atoms with E-state index in [9.17, 15) is 10.1 Å². The highest BCUT2D eigenvalue weighted by Crippen LogP contribution is 2.20. The van der Waals surface area contributed by atoms with E-state index in [-0.39, 0.29) is 17.9 Å². The molecule has 1 fully saturated rings. The minimum absolute atomic E-state index is 0.00319. The number of morpholine rings is 1. The van der Waals surface area contributed by atoms with Gasteiger partial charge < -0.3 is 14.8 Å². The monoisotopic (exact) mass is 267 g/mol. The molecular weight excluding hydrogens is 250 g/mol. The van der Waals surface area contributed by atoms with Crippen LogP contribution in [0.4, 0.5) is 5.69 Å². The predicted molar refractivity (Wildman–Crippen MR) is 68.3 cm³/mol. The van der Waals surface area contributed by atoms with Crippen LogP contribution < -0.4 is 10.1 Å². The van der Waals surface area contributed by atoms with Crippen molar-refractivity contribution >= 4 is 5.69 Å². The Morgan fingerprint density at radius 1 is 1.63 bits per heavy atom. The van der Waals surface area contributed by atoms with E-state index in [0.717, 1.165) is 13.1 Å². The number of nitrogens with one attached hydrogen (secondary N) is 1. The first-order valence-electron chi connectivity index (χ1n) is 6.16. The molecule has 1 aromatic rings. The Morgan fingerprint density at radius 2 is 2.42 bits per heavy atom. The van der Waals surface area contributed by atoms with Crippen LogP contribution in [0.1, 0.15) is 12.5 Å². The Labute approximate surface area is 111 Å². The fraction of sp³-hybridized carbons (Fsp3) is 0.583. The van der Waals surface area contributed by atoms with Crippen molar-refractivity contribution in [2.24, 2.45) is 0 Å². The molecule has 1 aromatic heterocycles. The van der Waals surface area contributed by atoms with E-state index in [2.05, 4.69) is 10.3 Å². The smallest absolute Gasteiger partial charge is 0.290 e. The lowest BCUT2D eigenvalue weighted by Crippen LogP contribution is -2.45. The van der Waals surface area contributed by atoms with Crippen molar-refractivity contribution in [1.82, 2.24) is 10.3 Å². The summed E-state index contributed by atoms with van der Waals surface area (Å²) in [6.07, 6.45) is 1.35. The normalized spacial score (nSPS) is 23.1. The molecule has 1 N–H and O–H groups in total. The van der Waals surface area contributed by atoms with E-state index >= 15 is 0 Å². The molecule has 1 aliphatic rings. The highest BCUT2D eigenvalue weighted by Gasteiger charge is 2.20. The Morgan fingerprint density at radius 3 is 3.05 bits per heavy atom. The molecule has 1 saturated heterocycles. The second-order valence-electron chi connectivity index (χ2n) is 4.60. The van der Waals surface area contributed by atoms with Gasteiger partial charge in [-0.2, -0.15) is 0 Å². The summed E-state index contributed by atoms with van der Waals surface area (Å²) in [6.45, 7) is 5.60. The molecule has 0 radical (unpaired) electrons. The average molecular weight is 267 g/mol. The van der Waals surface area contributed by atoms with Gasteiger partial charge in [0.05, 0.1) is 11.0 Å². The Hall–Kier alpha value is -1.73. The molecule has 0 aliphatic carbocycles. The number of rotatable bonds is 4. The Bertz CT molecular complexity index is 466. The fourth-order valence-corrected chi connectivity index (χ4v) is 1.94. The Kier molecular flexibility index (Phi) is 4.28. The van der Waals surface area contributed by atoms with Crippen molar-refractivity contribution in [2.45, 2.75) is 26.1 Å². The number of aryl methyl sites for hydroxylation is 1. The summed E-state index contributed by atoms with van der Waals surface area (Å²) < 4.78 is 11.2. The molecule has 7 nitrogen and oxygen atoms in total. The van der Waals surface area contributed by atoms with Crippen molar-refractivity contribution in [3.8, 4) is 5.88 Å². The summed E-state index contributed by atoms with van der Waals surface area (Å²) in [5, 5.41) is 13.9. The van der Waals surface area contributed by atoms with Gasteiger partial charge in [-0.05, 0) is 13.8 Å². The minimum Gasteiger partial charge on any atom is -0.475 e. The van der Waals surface area contributed by atoms with Crippen molar-refractivity contribution in [1.29, 1.82) is 0 Å². The number of nitrogens with zero attached hydrogens (tertiary/aromatic N) is 2. The summed E-state index contributed by atoms with van der Waals surface area (Å²) in [7, 11) is 0. The highest BCUT2D eigenvalue weighted by molar-refractivity contribution is 5.39. The van der Waals surface area contributed by atoms with Crippen LogP contribution in [0.3, 0.4) is 0 Å². The molecule has 0 aromatic carbocycles. The zero-order chi connectivity index (χ0) is 13.8. The van der Waals surface area contributed by atoms with Gasteiger partial charge in [-0.15, -0.1) is 0 Å². The van der Waals surface area contributed by atoms with E-state index < -0.39 is 4.92 Å². The van der Waals surface area contributed by atoms with Crippen LogP contribution in [-0.2, 0) is 4.74 Å². The molecule has 2 heterocycles. The maximum atomic E-state index is 10.7. The van der Waals surface area contributed by atoms with Crippen LogP contribution in [-0.4, -0.2) is 41.8 Å². The number of hydrogen-bond donors (Lipinski definition) is 1. The Balaban J connectivity index is 1.92. The molecule has 104 valence electrons. The second kappa shape index (κ2) is 5.94. The molecule has 2 unspecified atom stereocenters. The largest absolute Gasteiger partial charge is 0.475 e. The molecular formula is C12H17N3O4. The minimum atomic E-state index is -0.456. The quantitative estimate of drug-likeness (QED) is 0.648. The third-order valence-corrected chi connectivity index (χ3v) is 2.90. The first kappa shape index (κ1) is 13.7. The summed E-state index contributed by atoms with van der Waals surface area (Å²) in [6, 6.07) is 1.57. The molecule has 2 atom stereocenters. The summed E-state index contributed by atoms with van der Waals surface area (Å²) in [5.74, 6) is 0.380. The van der Waals surface area contributed by atoms with Crippen LogP contribution >= 0.6 is 0 Å². The lowest BCUT2D eigenvalue weighted by Gasteiger charge is -2.28. The average Bonchev–Trinajstić information content (AvgIpc) is 2.36. The van der Waals surface area contributed by atoms with Gasteiger partial charge in [-0.3, -0.25) is 10.1 Å². The highest BCUT2D eigenvalue weighted by atomic mass is 16.6. The van der Waals surface area contributed by atoms with Gasteiger partial charge in [0.1, 0.15) is 18.9 Å². The summed E-state index contributed by atoms with van der Waals surface area (Å²) >= 11 is 0. The molecule has 19 heavy (non-hydrogen) atoms. The van der Waals surface area contributed by atoms with Crippen molar-refractivity contribution in [3.05, 3.63) is 27.9 Å². The van der Waals surface area contributed by atoms with E-state index in [4.69, 9.17) is 9.47 Å². The van der Waals surface area contributed by atoms with Crippen LogP contribution in [0.2, 0.25) is 0 Å². The third kappa shape index (κ3) is 3.62. The lowest BCUT2D eigenvalue weighted by atomic mass is 10.2. The first-order valence-corrected chi connectivity index (χ1v) is 6.16.